The minimum Gasteiger partial charge on any atom is -0.359 e. The molecule has 2 aliphatic rings. The van der Waals surface area contributed by atoms with Crippen molar-refractivity contribution in [3.8, 4) is 0 Å². The van der Waals surface area contributed by atoms with Gasteiger partial charge in [-0.2, -0.15) is 0 Å². The molecule has 1 N–H and O–H groups in total. The number of rotatable bonds is 3. The summed E-state index contributed by atoms with van der Waals surface area (Å²) in [6.45, 7) is 4.49. The zero-order valence-corrected chi connectivity index (χ0v) is 12.5. The molecule has 0 saturated heterocycles. The third-order valence-electron chi connectivity index (χ3n) is 3.81. The van der Waals surface area contributed by atoms with Crippen LogP contribution in [0.1, 0.15) is 39.5 Å². The van der Waals surface area contributed by atoms with Crippen LogP contribution >= 0.6 is 0 Å². The molecule has 5 nitrogen and oxygen atoms in total. The van der Waals surface area contributed by atoms with Crippen molar-refractivity contribution >= 4 is 17.7 Å². The number of hydrogen-bond donors (Lipinski definition) is 1. The van der Waals surface area contributed by atoms with Crippen LogP contribution in [-0.2, 0) is 14.4 Å². The van der Waals surface area contributed by atoms with E-state index in [0.29, 0.717) is 12.5 Å². The highest BCUT2D eigenvalue weighted by atomic mass is 16.2. The van der Waals surface area contributed by atoms with Gasteiger partial charge in [0.25, 0.3) is 11.8 Å². The molecule has 0 aromatic rings. The van der Waals surface area contributed by atoms with E-state index in [1.54, 1.807) is 7.05 Å². The van der Waals surface area contributed by atoms with E-state index in [0.717, 1.165) is 25.7 Å². The Bertz CT molecular complexity index is 378. The SMILES string of the molecule is CC.CNC(=O)C1CCC(CN2C(=O)C=CC2=O)CC1. The molecule has 1 saturated carbocycles. The molecular formula is C15H24N2O3. The summed E-state index contributed by atoms with van der Waals surface area (Å²) in [7, 11) is 1.65. The first-order valence-electron chi connectivity index (χ1n) is 7.37. The van der Waals surface area contributed by atoms with E-state index in [1.165, 1.54) is 17.1 Å². The lowest BCUT2D eigenvalue weighted by Crippen LogP contribution is -2.37. The molecule has 0 bridgehead atoms. The molecule has 0 unspecified atom stereocenters. The number of nitrogens with zero attached hydrogens (tertiary/aromatic N) is 1. The number of carbonyl (C=O) groups excluding carboxylic acids is 3. The lowest BCUT2D eigenvalue weighted by atomic mass is 9.81. The average molecular weight is 280 g/mol. The predicted molar refractivity (Wildman–Crippen MR) is 76.7 cm³/mol. The zero-order chi connectivity index (χ0) is 15.1. The van der Waals surface area contributed by atoms with E-state index in [9.17, 15) is 14.4 Å². The third-order valence-corrected chi connectivity index (χ3v) is 3.81. The summed E-state index contributed by atoms with van der Waals surface area (Å²) in [5.74, 6) is 0.0957. The van der Waals surface area contributed by atoms with Crippen LogP contribution in [0.15, 0.2) is 12.2 Å². The maximum Gasteiger partial charge on any atom is 0.253 e. The second-order valence-electron chi connectivity index (χ2n) is 4.95. The van der Waals surface area contributed by atoms with Crippen LogP contribution in [-0.4, -0.2) is 36.2 Å². The Morgan fingerprint density at radius 3 is 2.10 bits per heavy atom. The molecule has 0 aromatic heterocycles. The first-order chi connectivity index (χ1) is 9.61. The van der Waals surface area contributed by atoms with Crippen LogP contribution in [0.4, 0.5) is 0 Å². The summed E-state index contributed by atoms with van der Waals surface area (Å²) in [6.07, 6.45) is 6.11. The molecule has 112 valence electrons. The fourth-order valence-electron chi connectivity index (χ4n) is 2.68. The van der Waals surface area contributed by atoms with Gasteiger partial charge in [-0.15, -0.1) is 0 Å². The number of nitrogens with one attached hydrogen (secondary N) is 1. The smallest absolute Gasteiger partial charge is 0.253 e. The van der Waals surface area contributed by atoms with E-state index in [1.807, 2.05) is 13.8 Å². The molecule has 20 heavy (non-hydrogen) atoms. The highest BCUT2D eigenvalue weighted by Gasteiger charge is 2.30. The minimum absolute atomic E-state index is 0.0920. The van der Waals surface area contributed by atoms with Gasteiger partial charge in [0, 0.05) is 31.7 Å². The van der Waals surface area contributed by atoms with Crippen molar-refractivity contribution in [3.05, 3.63) is 12.2 Å². The van der Waals surface area contributed by atoms with Gasteiger partial charge in [-0.3, -0.25) is 19.3 Å². The fourth-order valence-corrected chi connectivity index (χ4v) is 2.68. The van der Waals surface area contributed by atoms with Crippen LogP contribution in [0.2, 0.25) is 0 Å². The van der Waals surface area contributed by atoms with E-state index >= 15 is 0 Å². The molecule has 1 aliphatic carbocycles. The third kappa shape index (κ3) is 3.92. The first kappa shape index (κ1) is 16.4. The summed E-state index contributed by atoms with van der Waals surface area (Å²) in [5.41, 5.74) is 0. The molecule has 0 aromatic carbocycles. The average Bonchev–Trinajstić information content (AvgIpc) is 2.81. The van der Waals surface area contributed by atoms with Crippen molar-refractivity contribution in [2.75, 3.05) is 13.6 Å². The van der Waals surface area contributed by atoms with Gasteiger partial charge in [-0.25, -0.2) is 0 Å². The molecule has 1 heterocycles. The van der Waals surface area contributed by atoms with Crippen molar-refractivity contribution in [2.45, 2.75) is 39.5 Å². The van der Waals surface area contributed by atoms with Crippen molar-refractivity contribution < 1.29 is 14.4 Å². The Hall–Kier alpha value is -1.65. The van der Waals surface area contributed by atoms with Gasteiger partial charge < -0.3 is 5.32 Å². The van der Waals surface area contributed by atoms with Gasteiger partial charge in [-0.05, 0) is 31.6 Å². The van der Waals surface area contributed by atoms with Crippen molar-refractivity contribution in [1.29, 1.82) is 0 Å². The van der Waals surface area contributed by atoms with E-state index in [2.05, 4.69) is 5.32 Å². The monoisotopic (exact) mass is 280 g/mol. The Morgan fingerprint density at radius 2 is 1.65 bits per heavy atom. The highest BCUT2D eigenvalue weighted by molar-refractivity contribution is 6.12. The maximum absolute atomic E-state index is 11.5. The minimum atomic E-state index is -0.214. The van der Waals surface area contributed by atoms with E-state index < -0.39 is 0 Å². The highest BCUT2D eigenvalue weighted by Crippen LogP contribution is 2.29. The van der Waals surface area contributed by atoms with E-state index in [-0.39, 0.29) is 23.6 Å². The summed E-state index contributed by atoms with van der Waals surface area (Å²) in [6, 6.07) is 0. The van der Waals surface area contributed by atoms with Gasteiger partial charge in [0.05, 0.1) is 0 Å². The molecule has 2 rings (SSSR count). The number of carbonyl (C=O) groups is 3. The number of hydrogen-bond acceptors (Lipinski definition) is 3. The van der Waals surface area contributed by atoms with Gasteiger partial charge >= 0.3 is 0 Å². The van der Waals surface area contributed by atoms with Crippen LogP contribution in [0.3, 0.4) is 0 Å². The molecule has 0 atom stereocenters. The van der Waals surface area contributed by atoms with Crippen molar-refractivity contribution in [3.63, 3.8) is 0 Å². The molecule has 0 spiro atoms. The van der Waals surface area contributed by atoms with Crippen LogP contribution in [0, 0.1) is 11.8 Å². The Labute approximate surface area is 120 Å². The molecule has 5 heteroatoms. The van der Waals surface area contributed by atoms with Crippen LogP contribution in [0.5, 0.6) is 0 Å². The summed E-state index contributed by atoms with van der Waals surface area (Å²) in [5, 5.41) is 2.67. The zero-order valence-electron chi connectivity index (χ0n) is 12.5. The number of amides is 3. The molecule has 0 radical (unpaired) electrons. The lowest BCUT2D eigenvalue weighted by molar-refractivity contribution is -0.138. The van der Waals surface area contributed by atoms with Crippen molar-refractivity contribution in [1.82, 2.24) is 10.2 Å². The topological polar surface area (TPSA) is 66.5 Å². The maximum atomic E-state index is 11.5. The van der Waals surface area contributed by atoms with E-state index in [4.69, 9.17) is 0 Å². The van der Waals surface area contributed by atoms with Gasteiger partial charge in [0.2, 0.25) is 5.91 Å². The quantitative estimate of drug-likeness (QED) is 0.796. The fraction of sp³-hybridized carbons (Fsp3) is 0.667. The standard InChI is InChI=1S/C13H18N2O3.C2H6/c1-14-13(18)10-4-2-9(3-5-10)8-15-11(16)6-7-12(15)17;1-2/h6-7,9-10H,2-5,8H2,1H3,(H,14,18);1-2H3. The summed E-state index contributed by atoms with van der Waals surface area (Å²) in [4.78, 5) is 35.6. The molecule has 1 fully saturated rings. The summed E-state index contributed by atoms with van der Waals surface area (Å²) < 4.78 is 0. The molecule has 1 aliphatic heterocycles. The second kappa shape index (κ2) is 7.82. The van der Waals surface area contributed by atoms with Gasteiger partial charge in [0.1, 0.15) is 0 Å². The van der Waals surface area contributed by atoms with Crippen LogP contribution in [0.25, 0.3) is 0 Å². The van der Waals surface area contributed by atoms with Crippen molar-refractivity contribution in [2.24, 2.45) is 11.8 Å². The molecular weight excluding hydrogens is 256 g/mol. The first-order valence-corrected chi connectivity index (χ1v) is 7.37. The normalized spacial score (nSPS) is 25.2. The Morgan fingerprint density at radius 1 is 1.15 bits per heavy atom. The van der Waals surface area contributed by atoms with Gasteiger partial charge in [0.15, 0.2) is 0 Å². The largest absolute Gasteiger partial charge is 0.359 e. The predicted octanol–water partition coefficient (Wildman–Crippen LogP) is 1.49. The Balaban J connectivity index is 0.000000956. The second-order valence-corrected chi connectivity index (χ2v) is 4.95. The Kier molecular flexibility index (Phi) is 6.42. The van der Waals surface area contributed by atoms with Gasteiger partial charge in [-0.1, -0.05) is 13.8 Å². The molecule has 3 amide bonds. The van der Waals surface area contributed by atoms with Crippen LogP contribution < -0.4 is 5.32 Å². The lowest BCUT2D eigenvalue weighted by Gasteiger charge is -2.29. The number of imide groups is 1. The summed E-state index contributed by atoms with van der Waals surface area (Å²) >= 11 is 0.